The second-order valence-electron chi connectivity index (χ2n) is 7.88. The van der Waals surface area contributed by atoms with E-state index in [1.807, 2.05) is 63.3 Å². The van der Waals surface area contributed by atoms with Crippen LogP contribution in [0.1, 0.15) is 67.0 Å². The fourth-order valence-corrected chi connectivity index (χ4v) is 4.75. The molecule has 1 saturated heterocycles. The number of anilines is 1. The Labute approximate surface area is 219 Å². The minimum absolute atomic E-state index is 0.230. The van der Waals surface area contributed by atoms with Crippen LogP contribution in [0.15, 0.2) is 73.2 Å². The van der Waals surface area contributed by atoms with E-state index in [1.54, 1.807) is 22.4 Å². The van der Waals surface area contributed by atoms with Crippen LogP contribution in [0.4, 0.5) is 10.5 Å². The number of piperidine rings is 1. The lowest BCUT2D eigenvalue weighted by atomic mass is 9.98. The molecule has 0 bridgehead atoms. The van der Waals surface area contributed by atoms with E-state index in [2.05, 4.69) is 23.5 Å². The number of aromatic nitrogens is 1. The molecule has 0 atom stereocenters. The molecule has 0 aliphatic carbocycles. The van der Waals surface area contributed by atoms with Crippen molar-refractivity contribution in [2.24, 2.45) is 0 Å². The van der Waals surface area contributed by atoms with Crippen LogP contribution in [0.2, 0.25) is 0 Å². The summed E-state index contributed by atoms with van der Waals surface area (Å²) in [5.41, 5.74) is 3.00. The number of carbonyl (C=O) groups is 2. The number of hydrogen-bond donors (Lipinski definition) is 1. The Balaban J connectivity index is 0.00000222. The lowest BCUT2D eigenvalue weighted by Gasteiger charge is -2.30. The van der Waals surface area contributed by atoms with Crippen molar-refractivity contribution in [1.29, 1.82) is 0 Å². The fraction of sp³-hybridized carbons (Fsp3) is 0.345. The first kappa shape index (κ1) is 28.8. The second kappa shape index (κ2) is 15.5. The number of hydrogen-bond acceptors (Lipinski definition) is 5. The maximum atomic E-state index is 13.0. The van der Waals surface area contributed by atoms with Crippen molar-refractivity contribution in [3.8, 4) is 0 Å². The van der Waals surface area contributed by atoms with Gasteiger partial charge in [0.1, 0.15) is 5.69 Å². The maximum Gasteiger partial charge on any atom is 0.409 e. The summed E-state index contributed by atoms with van der Waals surface area (Å²) in [5, 5.41) is 5.74. The number of carbonyl (C=O) groups excluding carboxylic acids is 2. The van der Waals surface area contributed by atoms with Gasteiger partial charge in [-0.25, -0.2) is 9.78 Å². The highest BCUT2D eigenvalue weighted by Gasteiger charge is 2.27. The predicted octanol–water partition coefficient (Wildman–Crippen LogP) is 7.46. The van der Waals surface area contributed by atoms with Crippen molar-refractivity contribution in [3.63, 3.8) is 0 Å². The first-order chi connectivity index (χ1) is 17.6. The van der Waals surface area contributed by atoms with Gasteiger partial charge in [0.25, 0.3) is 5.91 Å². The Kier molecular flexibility index (Phi) is 12.4. The zero-order valence-corrected chi connectivity index (χ0v) is 22.4. The lowest BCUT2D eigenvalue weighted by Crippen LogP contribution is -2.38. The number of benzene rings is 1. The highest BCUT2D eigenvalue weighted by molar-refractivity contribution is 7.10. The molecule has 1 aliphatic rings. The number of nitrogens with zero attached hydrogens (tertiary/aromatic N) is 2. The normalized spacial score (nSPS) is 14.1. The summed E-state index contributed by atoms with van der Waals surface area (Å²) in [6.07, 6.45) is 11.3. The molecule has 2 aromatic rings. The third-order valence-corrected chi connectivity index (χ3v) is 6.54. The molecule has 1 aromatic heterocycles. The van der Waals surface area contributed by atoms with Crippen LogP contribution < -0.4 is 5.32 Å². The van der Waals surface area contributed by atoms with Crippen molar-refractivity contribution in [2.75, 3.05) is 25.0 Å². The quantitative estimate of drug-likeness (QED) is 0.217. The van der Waals surface area contributed by atoms with Crippen molar-refractivity contribution < 1.29 is 14.3 Å². The van der Waals surface area contributed by atoms with E-state index in [4.69, 9.17) is 4.74 Å². The van der Waals surface area contributed by atoms with Gasteiger partial charge in [0, 0.05) is 35.6 Å². The van der Waals surface area contributed by atoms with E-state index in [0.717, 1.165) is 34.7 Å². The highest BCUT2D eigenvalue weighted by atomic mass is 32.1. The number of thiazole rings is 1. The molecule has 1 aliphatic heterocycles. The van der Waals surface area contributed by atoms with Crippen molar-refractivity contribution in [1.82, 2.24) is 9.88 Å². The van der Waals surface area contributed by atoms with Gasteiger partial charge in [-0.2, -0.15) is 0 Å². The smallest absolute Gasteiger partial charge is 0.409 e. The first-order valence-corrected chi connectivity index (χ1v) is 13.3. The zero-order valence-electron chi connectivity index (χ0n) is 21.5. The maximum absolute atomic E-state index is 13.0. The van der Waals surface area contributed by atoms with Crippen LogP contribution in [0, 0.1) is 0 Å². The Morgan fingerprint density at radius 1 is 1.22 bits per heavy atom. The predicted molar refractivity (Wildman–Crippen MR) is 151 cm³/mol. The van der Waals surface area contributed by atoms with Gasteiger partial charge in [-0.3, -0.25) is 4.79 Å². The van der Waals surface area contributed by atoms with Gasteiger partial charge in [0.15, 0.2) is 0 Å². The van der Waals surface area contributed by atoms with Gasteiger partial charge in [-0.1, -0.05) is 69.0 Å². The molecule has 0 unspecified atom stereocenters. The lowest BCUT2D eigenvalue weighted by molar-refractivity contribution is 0.0941. The monoisotopic (exact) mass is 507 g/mol. The van der Waals surface area contributed by atoms with E-state index in [9.17, 15) is 9.59 Å². The van der Waals surface area contributed by atoms with Gasteiger partial charge < -0.3 is 15.0 Å². The van der Waals surface area contributed by atoms with E-state index >= 15 is 0 Å². The Bertz CT molecular complexity index is 1080. The van der Waals surface area contributed by atoms with Crippen LogP contribution in [0.5, 0.6) is 0 Å². The molecule has 6 nitrogen and oxygen atoms in total. The second-order valence-corrected chi connectivity index (χ2v) is 8.77. The van der Waals surface area contributed by atoms with E-state index < -0.39 is 0 Å². The molecule has 0 radical (unpaired) electrons. The number of likely N-dealkylation sites (tertiary alicyclic amines) is 1. The molecular formula is C29H37N3O3S. The van der Waals surface area contributed by atoms with Crippen LogP contribution in [-0.2, 0) is 4.74 Å². The van der Waals surface area contributed by atoms with Crippen LogP contribution in [0.3, 0.4) is 0 Å². The van der Waals surface area contributed by atoms with Crippen LogP contribution in [-0.4, -0.2) is 41.6 Å². The van der Waals surface area contributed by atoms with E-state index in [-0.39, 0.29) is 17.9 Å². The molecule has 7 heteroatoms. The molecule has 3 rings (SSSR count). The van der Waals surface area contributed by atoms with Gasteiger partial charge in [-0.05, 0) is 37.8 Å². The van der Waals surface area contributed by atoms with Crippen molar-refractivity contribution >= 4 is 34.6 Å². The third kappa shape index (κ3) is 8.05. The van der Waals surface area contributed by atoms with Gasteiger partial charge in [0.2, 0.25) is 0 Å². The standard InChI is InChI=1S/C27H31N3O3S.C2H6/c1-4-7-18-33-27(32)30-16-14-21(15-17-30)26-29-24(19-34-26)25(31)28-23-13-9-8-12-22(23)20(10-5-2)11-6-3;1-2/h4-6,8-13,19,21H,1-2,7,14-18H2,3H3,(H,28,31);1-2H3/b11-6-,20-10+;. The number of nitrogens with one attached hydrogen (secondary N) is 1. The molecule has 2 heterocycles. The number of amides is 2. The highest BCUT2D eigenvalue weighted by Crippen LogP contribution is 2.31. The summed E-state index contributed by atoms with van der Waals surface area (Å²) in [4.78, 5) is 31.5. The van der Waals surface area contributed by atoms with E-state index in [0.29, 0.717) is 31.8 Å². The summed E-state index contributed by atoms with van der Waals surface area (Å²) in [6.45, 7) is 15.0. The minimum Gasteiger partial charge on any atom is -0.449 e. The van der Waals surface area contributed by atoms with Crippen LogP contribution in [0.25, 0.3) is 5.57 Å². The van der Waals surface area contributed by atoms with Crippen molar-refractivity contribution in [2.45, 2.75) is 46.0 Å². The molecule has 2 amide bonds. The first-order valence-electron chi connectivity index (χ1n) is 12.4. The number of allylic oxidation sites excluding steroid dienone is 5. The largest absolute Gasteiger partial charge is 0.449 e. The van der Waals surface area contributed by atoms with Gasteiger partial charge >= 0.3 is 6.09 Å². The van der Waals surface area contributed by atoms with Crippen LogP contribution >= 0.6 is 11.3 Å². The van der Waals surface area contributed by atoms with Gasteiger partial charge in [0.05, 0.1) is 11.6 Å². The third-order valence-electron chi connectivity index (χ3n) is 5.53. The summed E-state index contributed by atoms with van der Waals surface area (Å²) in [5.74, 6) is -0.00973. The Hall–Kier alpha value is -3.45. The van der Waals surface area contributed by atoms with Crippen molar-refractivity contribution in [3.05, 3.63) is 89.4 Å². The number of ether oxygens (including phenoxy) is 1. The average molecular weight is 508 g/mol. The molecule has 0 saturated carbocycles. The fourth-order valence-electron chi connectivity index (χ4n) is 3.78. The SMILES string of the molecule is C=C/C=C(\C=C/C)c1ccccc1NC(=O)c1csc(C2CCN(C(=O)OCCC=C)CC2)n1.CC. The van der Waals surface area contributed by atoms with E-state index in [1.165, 1.54) is 11.3 Å². The molecule has 36 heavy (non-hydrogen) atoms. The number of para-hydroxylation sites is 1. The topological polar surface area (TPSA) is 71.5 Å². The average Bonchev–Trinajstić information content (AvgIpc) is 3.41. The summed E-state index contributed by atoms with van der Waals surface area (Å²) < 4.78 is 5.25. The molecule has 0 spiro atoms. The molecule has 1 aromatic carbocycles. The minimum atomic E-state index is -0.277. The molecular weight excluding hydrogens is 470 g/mol. The summed E-state index contributed by atoms with van der Waals surface area (Å²) in [6, 6.07) is 7.68. The van der Waals surface area contributed by atoms with Gasteiger partial charge in [-0.15, -0.1) is 17.9 Å². The number of rotatable bonds is 9. The molecule has 1 N–H and O–H groups in total. The Morgan fingerprint density at radius 2 is 1.94 bits per heavy atom. The zero-order chi connectivity index (χ0) is 26.3. The molecule has 192 valence electrons. The Morgan fingerprint density at radius 3 is 2.61 bits per heavy atom. The molecule has 1 fully saturated rings. The summed E-state index contributed by atoms with van der Waals surface area (Å²) >= 11 is 1.49. The summed E-state index contributed by atoms with van der Waals surface area (Å²) in [7, 11) is 0.